The number of hydrogen-bond donors (Lipinski definition) is 2. The van der Waals surface area contributed by atoms with E-state index in [2.05, 4.69) is 33.4 Å². The standard InChI is InChI=1S/C10H20N4O2S/c1-4-14(5-2)7-6-12-17(15,16)10-8-11-9(3)13-10/h8,12H,4-7H2,1-3H3,(H,11,13). The molecule has 0 unspecified atom stereocenters. The van der Waals surface area contributed by atoms with E-state index >= 15 is 0 Å². The Hall–Kier alpha value is -0.920. The largest absolute Gasteiger partial charge is 0.332 e. The minimum absolute atomic E-state index is 0.120. The number of aromatic amines is 1. The molecular formula is C10H20N4O2S. The van der Waals surface area contributed by atoms with Crippen LogP contribution in [0.25, 0.3) is 0 Å². The van der Waals surface area contributed by atoms with Gasteiger partial charge >= 0.3 is 0 Å². The van der Waals surface area contributed by atoms with Crippen molar-refractivity contribution in [1.29, 1.82) is 0 Å². The van der Waals surface area contributed by atoms with Crippen LogP contribution in [0.3, 0.4) is 0 Å². The molecule has 7 heteroatoms. The molecule has 0 aliphatic rings. The third-order valence-electron chi connectivity index (χ3n) is 2.58. The Bertz CT molecular complexity index is 437. The monoisotopic (exact) mass is 260 g/mol. The van der Waals surface area contributed by atoms with Gasteiger partial charge in [-0.1, -0.05) is 13.8 Å². The zero-order chi connectivity index (χ0) is 12.9. The lowest BCUT2D eigenvalue weighted by Gasteiger charge is -2.17. The number of H-pyrrole nitrogens is 1. The zero-order valence-corrected chi connectivity index (χ0v) is 11.3. The van der Waals surface area contributed by atoms with E-state index in [1.165, 1.54) is 6.20 Å². The Labute approximate surface area is 102 Å². The maximum atomic E-state index is 11.8. The van der Waals surface area contributed by atoms with Gasteiger partial charge in [-0.05, 0) is 20.0 Å². The van der Waals surface area contributed by atoms with Crippen LogP contribution in [0.1, 0.15) is 19.7 Å². The van der Waals surface area contributed by atoms with E-state index in [9.17, 15) is 8.42 Å². The number of aromatic nitrogens is 2. The van der Waals surface area contributed by atoms with Crippen LogP contribution < -0.4 is 4.72 Å². The van der Waals surface area contributed by atoms with Gasteiger partial charge in [0, 0.05) is 13.1 Å². The van der Waals surface area contributed by atoms with Gasteiger partial charge in [-0.25, -0.2) is 18.1 Å². The summed E-state index contributed by atoms with van der Waals surface area (Å²) in [6, 6.07) is 0. The van der Waals surface area contributed by atoms with Gasteiger partial charge in [0.2, 0.25) is 0 Å². The van der Waals surface area contributed by atoms with Gasteiger partial charge in [-0.15, -0.1) is 0 Å². The lowest BCUT2D eigenvalue weighted by Crippen LogP contribution is -2.34. The van der Waals surface area contributed by atoms with Gasteiger partial charge in [-0.2, -0.15) is 0 Å². The third kappa shape index (κ3) is 4.10. The predicted molar refractivity (Wildman–Crippen MR) is 66.3 cm³/mol. The molecule has 0 saturated heterocycles. The molecule has 0 fully saturated rings. The number of imidazole rings is 1. The normalized spacial score (nSPS) is 12.2. The summed E-state index contributed by atoms with van der Waals surface area (Å²) in [5.74, 6) is 0.592. The summed E-state index contributed by atoms with van der Waals surface area (Å²) < 4.78 is 26.2. The minimum Gasteiger partial charge on any atom is -0.332 e. The summed E-state index contributed by atoms with van der Waals surface area (Å²) in [5, 5.41) is 0.120. The molecule has 0 saturated carbocycles. The van der Waals surface area contributed by atoms with Crippen molar-refractivity contribution in [1.82, 2.24) is 19.6 Å². The third-order valence-corrected chi connectivity index (χ3v) is 3.95. The van der Waals surface area contributed by atoms with Crippen LogP contribution in [0.2, 0.25) is 0 Å². The summed E-state index contributed by atoms with van der Waals surface area (Å²) >= 11 is 0. The van der Waals surface area contributed by atoms with Crippen molar-refractivity contribution >= 4 is 10.0 Å². The SMILES string of the molecule is CCN(CC)CCNS(=O)(=O)c1cnc(C)[nH]1. The molecular weight excluding hydrogens is 240 g/mol. The fraction of sp³-hybridized carbons (Fsp3) is 0.700. The van der Waals surface area contributed by atoms with Crippen molar-refractivity contribution in [2.45, 2.75) is 25.8 Å². The number of sulfonamides is 1. The molecule has 0 atom stereocenters. The van der Waals surface area contributed by atoms with Crippen molar-refractivity contribution in [2.24, 2.45) is 0 Å². The minimum atomic E-state index is -3.45. The molecule has 17 heavy (non-hydrogen) atoms. The summed E-state index contributed by atoms with van der Waals surface area (Å²) in [5.41, 5.74) is 0. The van der Waals surface area contributed by atoms with Crippen LogP contribution >= 0.6 is 0 Å². The lowest BCUT2D eigenvalue weighted by atomic mass is 10.5. The fourth-order valence-corrected chi connectivity index (χ4v) is 2.48. The van der Waals surface area contributed by atoms with E-state index in [0.29, 0.717) is 18.9 Å². The van der Waals surface area contributed by atoms with Crippen LogP contribution in [-0.4, -0.2) is 49.5 Å². The van der Waals surface area contributed by atoms with E-state index in [0.717, 1.165) is 13.1 Å². The van der Waals surface area contributed by atoms with Gasteiger partial charge < -0.3 is 9.88 Å². The second-order valence-electron chi connectivity index (χ2n) is 3.76. The molecule has 0 bridgehead atoms. The molecule has 6 nitrogen and oxygen atoms in total. The molecule has 1 heterocycles. The molecule has 0 spiro atoms. The smallest absolute Gasteiger partial charge is 0.257 e. The maximum absolute atomic E-state index is 11.8. The first kappa shape index (κ1) is 14.1. The molecule has 0 amide bonds. The van der Waals surface area contributed by atoms with Crippen molar-refractivity contribution < 1.29 is 8.42 Å². The second kappa shape index (κ2) is 6.13. The van der Waals surface area contributed by atoms with Crippen LogP contribution in [-0.2, 0) is 10.0 Å². The number of aryl methyl sites for hydroxylation is 1. The highest BCUT2D eigenvalue weighted by Gasteiger charge is 2.15. The van der Waals surface area contributed by atoms with Crippen molar-refractivity contribution in [3.05, 3.63) is 12.0 Å². The molecule has 0 radical (unpaired) electrons. The van der Waals surface area contributed by atoms with Crippen LogP contribution in [0, 0.1) is 6.92 Å². The fourth-order valence-electron chi connectivity index (χ4n) is 1.49. The summed E-state index contributed by atoms with van der Waals surface area (Å²) in [7, 11) is -3.45. The van der Waals surface area contributed by atoms with Gasteiger partial charge in [0.25, 0.3) is 10.0 Å². The predicted octanol–water partition coefficient (Wildman–Crippen LogP) is 0.338. The first-order valence-electron chi connectivity index (χ1n) is 5.73. The quantitative estimate of drug-likeness (QED) is 0.741. The van der Waals surface area contributed by atoms with E-state index in [4.69, 9.17) is 0 Å². The first-order chi connectivity index (χ1) is 7.99. The molecule has 0 aliphatic carbocycles. The van der Waals surface area contributed by atoms with Gasteiger partial charge in [0.1, 0.15) is 5.82 Å². The Morgan fingerprint density at radius 1 is 1.41 bits per heavy atom. The summed E-state index contributed by atoms with van der Waals surface area (Å²) in [6.07, 6.45) is 1.33. The average Bonchev–Trinajstić information content (AvgIpc) is 2.72. The van der Waals surface area contributed by atoms with Gasteiger partial charge in [0.05, 0.1) is 6.20 Å². The number of nitrogens with one attached hydrogen (secondary N) is 2. The molecule has 98 valence electrons. The molecule has 0 aromatic carbocycles. The summed E-state index contributed by atoms with van der Waals surface area (Å²) in [4.78, 5) is 8.73. The van der Waals surface area contributed by atoms with E-state index < -0.39 is 10.0 Å². The Kier molecular flexibility index (Phi) is 5.10. The maximum Gasteiger partial charge on any atom is 0.257 e. The van der Waals surface area contributed by atoms with E-state index in [1.807, 2.05) is 0 Å². The number of likely N-dealkylation sites (N-methyl/N-ethyl adjacent to an activating group) is 1. The average molecular weight is 260 g/mol. The van der Waals surface area contributed by atoms with Crippen molar-refractivity contribution in [2.75, 3.05) is 26.2 Å². The van der Waals surface area contributed by atoms with E-state index in [1.54, 1.807) is 6.92 Å². The number of nitrogens with zero attached hydrogens (tertiary/aromatic N) is 2. The number of hydrogen-bond acceptors (Lipinski definition) is 4. The Morgan fingerprint density at radius 2 is 2.06 bits per heavy atom. The van der Waals surface area contributed by atoms with Crippen molar-refractivity contribution in [3.8, 4) is 0 Å². The second-order valence-corrected chi connectivity index (χ2v) is 5.49. The van der Waals surface area contributed by atoms with Crippen LogP contribution in [0.4, 0.5) is 0 Å². The zero-order valence-electron chi connectivity index (χ0n) is 10.5. The molecule has 1 rings (SSSR count). The highest BCUT2D eigenvalue weighted by Crippen LogP contribution is 2.04. The van der Waals surface area contributed by atoms with E-state index in [-0.39, 0.29) is 5.03 Å². The molecule has 0 aliphatic heterocycles. The topological polar surface area (TPSA) is 78.1 Å². The van der Waals surface area contributed by atoms with Gasteiger partial charge in [-0.3, -0.25) is 0 Å². The molecule has 1 aromatic rings. The first-order valence-corrected chi connectivity index (χ1v) is 7.21. The highest BCUT2D eigenvalue weighted by atomic mass is 32.2. The number of rotatable bonds is 7. The Morgan fingerprint density at radius 3 is 2.53 bits per heavy atom. The van der Waals surface area contributed by atoms with Crippen LogP contribution in [0.5, 0.6) is 0 Å². The lowest BCUT2D eigenvalue weighted by molar-refractivity contribution is 0.309. The molecule has 2 N–H and O–H groups in total. The molecule has 1 aromatic heterocycles. The Balaban J connectivity index is 2.51. The summed E-state index contributed by atoms with van der Waals surface area (Å²) in [6.45, 7) is 8.77. The highest BCUT2D eigenvalue weighted by molar-refractivity contribution is 7.89. The van der Waals surface area contributed by atoms with Gasteiger partial charge in [0.15, 0.2) is 5.03 Å². The van der Waals surface area contributed by atoms with Crippen molar-refractivity contribution in [3.63, 3.8) is 0 Å². The van der Waals surface area contributed by atoms with Crippen LogP contribution in [0.15, 0.2) is 11.2 Å².